The zero-order chi connectivity index (χ0) is 17.1. The van der Waals surface area contributed by atoms with Gasteiger partial charge in [-0.25, -0.2) is 0 Å². The van der Waals surface area contributed by atoms with Crippen LogP contribution in [-0.2, 0) is 13.1 Å². The van der Waals surface area contributed by atoms with Crippen LogP contribution in [0.5, 0.6) is 5.75 Å². The van der Waals surface area contributed by atoms with E-state index in [0.29, 0.717) is 25.3 Å². The van der Waals surface area contributed by atoms with Crippen LogP contribution in [0, 0.1) is 0 Å². The monoisotopic (exact) mass is 340 g/mol. The normalized spacial score (nSPS) is 18.3. The third-order valence-electron chi connectivity index (χ3n) is 5.02. The number of carbonyl (C=O) groups is 1. The molecule has 132 valence electrons. The third-order valence-corrected chi connectivity index (χ3v) is 5.02. The summed E-state index contributed by atoms with van der Waals surface area (Å²) in [6.07, 6.45) is 6.97. The van der Waals surface area contributed by atoms with E-state index in [0.717, 1.165) is 17.9 Å². The van der Waals surface area contributed by atoms with Crippen molar-refractivity contribution in [2.45, 2.75) is 32.4 Å². The second kappa shape index (κ2) is 7.31. The summed E-state index contributed by atoms with van der Waals surface area (Å²) in [5.41, 5.74) is 2.97. The molecule has 0 bridgehead atoms. The minimum atomic E-state index is -0.00775. The molecule has 0 aliphatic carbocycles. The number of piperidine rings is 1. The Kier molecular flexibility index (Phi) is 4.74. The Morgan fingerprint density at radius 1 is 1.08 bits per heavy atom. The number of fused-ring (bicyclic) bond motifs is 1. The number of carbonyl (C=O) groups excluding carboxylic acids is 1. The number of hydrogen-bond acceptors (Lipinski definition) is 4. The Morgan fingerprint density at radius 2 is 1.96 bits per heavy atom. The highest BCUT2D eigenvalue weighted by atomic mass is 16.5. The Balaban J connectivity index is 1.51. The molecule has 0 unspecified atom stereocenters. The van der Waals surface area contributed by atoms with E-state index in [2.05, 4.69) is 23.1 Å². The van der Waals surface area contributed by atoms with Crippen molar-refractivity contribution in [3.8, 4) is 5.75 Å². The van der Waals surface area contributed by atoms with Crippen molar-refractivity contribution >= 4 is 5.91 Å². The van der Waals surface area contributed by atoms with Crippen molar-refractivity contribution in [1.82, 2.24) is 9.80 Å². The standard InChI is InChI=1S/C20H24N2O3/c23-20(17-6-10-24-15-17)22-9-11-25-19-5-4-16(12-18(19)14-22)13-21-7-2-1-3-8-21/h4-6,10,12,15H,1-3,7-9,11,13-14H2. The van der Waals surface area contributed by atoms with Gasteiger partial charge in [-0.1, -0.05) is 12.5 Å². The molecule has 2 aliphatic rings. The van der Waals surface area contributed by atoms with Crippen molar-refractivity contribution in [2.24, 2.45) is 0 Å². The van der Waals surface area contributed by atoms with Gasteiger partial charge in [-0.05, 0) is 49.7 Å². The van der Waals surface area contributed by atoms with Crippen LogP contribution >= 0.6 is 0 Å². The molecule has 0 radical (unpaired) electrons. The summed E-state index contributed by atoms with van der Waals surface area (Å²) in [4.78, 5) is 17.0. The molecular formula is C20H24N2O3. The largest absolute Gasteiger partial charge is 0.491 e. The summed E-state index contributed by atoms with van der Waals surface area (Å²) >= 11 is 0. The summed E-state index contributed by atoms with van der Waals surface area (Å²) in [5.74, 6) is 0.886. The second-order valence-electron chi connectivity index (χ2n) is 6.87. The lowest BCUT2D eigenvalue weighted by Gasteiger charge is -2.26. The molecule has 5 heteroatoms. The van der Waals surface area contributed by atoms with Crippen molar-refractivity contribution in [3.63, 3.8) is 0 Å². The van der Waals surface area contributed by atoms with Crippen molar-refractivity contribution in [2.75, 3.05) is 26.2 Å². The first kappa shape index (κ1) is 16.2. The maximum absolute atomic E-state index is 12.6. The van der Waals surface area contributed by atoms with E-state index >= 15 is 0 Å². The molecule has 0 saturated carbocycles. The van der Waals surface area contributed by atoms with E-state index in [1.165, 1.54) is 50.4 Å². The number of nitrogens with zero attached hydrogens (tertiary/aromatic N) is 2. The van der Waals surface area contributed by atoms with E-state index in [9.17, 15) is 4.79 Å². The predicted octanol–water partition coefficient (Wildman–Crippen LogP) is 3.30. The molecule has 2 aromatic rings. The van der Waals surface area contributed by atoms with Crippen molar-refractivity contribution < 1.29 is 13.9 Å². The zero-order valence-corrected chi connectivity index (χ0v) is 14.4. The van der Waals surface area contributed by atoms with Crippen LogP contribution in [0.15, 0.2) is 41.2 Å². The first-order valence-electron chi connectivity index (χ1n) is 9.08. The highest BCUT2D eigenvalue weighted by Crippen LogP contribution is 2.26. The maximum atomic E-state index is 12.6. The Morgan fingerprint density at radius 3 is 2.76 bits per heavy atom. The fourth-order valence-electron chi connectivity index (χ4n) is 3.66. The number of hydrogen-bond donors (Lipinski definition) is 0. The molecule has 2 aliphatic heterocycles. The van der Waals surface area contributed by atoms with Crippen LogP contribution < -0.4 is 4.74 Å². The lowest BCUT2D eigenvalue weighted by molar-refractivity contribution is 0.0732. The van der Waals surface area contributed by atoms with Crippen LogP contribution in [0.3, 0.4) is 0 Å². The fraction of sp³-hybridized carbons (Fsp3) is 0.450. The van der Waals surface area contributed by atoms with Crippen LogP contribution in [0.4, 0.5) is 0 Å². The minimum Gasteiger partial charge on any atom is -0.491 e. The van der Waals surface area contributed by atoms with Crippen LogP contribution in [0.2, 0.25) is 0 Å². The first-order valence-corrected chi connectivity index (χ1v) is 9.08. The molecule has 0 spiro atoms. The number of likely N-dealkylation sites (tertiary alicyclic amines) is 1. The molecule has 5 nitrogen and oxygen atoms in total. The molecule has 4 rings (SSSR count). The molecule has 1 saturated heterocycles. The quantitative estimate of drug-likeness (QED) is 0.860. The van der Waals surface area contributed by atoms with Gasteiger partial charge < -0.3 is 14.1 Å². The summed E-state index contributed by atoms with van der Waals surface area (Å²) in [6, 6.07) is 8.12. The maximum Gasteiger partial charge on any atom is 0.257 e. The average molecular weight is 340 g/mol. The predicted molar refractivity (Wildman–Crippen MR) is 94.5 cm³/mol. The van der Waals surface area contributed by atoms with Gasteiger partial charge in [0.25, 0.3) is 5.91 Å². The Hall–Kier alpha value is -2.27. The lowest BCUT2D eigenvalue weighted by atomic mass is 10.1. The van der Waals surface area contributed by atoms with E-state index in [4.69, 9.17) is 9.15 Å². The molecule has 3 heterocycles. The van der Waals surface area contributed by atoms with E-state index < -0.39 is 0 Å². The number of furan rings is 1. The summed E-state index contributed by atoms with van der Waals surface area (Å²) in [6.45, 7) is 5.01. The average Bonchev–Trinajstić information content (AvgIpc) is 3.09. The van der Waals surface area contributed by atoms with Gasteiger partial charge in [0, 0.05) is 18.7 Å². The number of ether oxygens (including phenoxy) is 1. The summed E-state index contributed by atoms with van der Waals surface area (Å²) in [7, 11) is 0. The van der Waals surface area contributed by atoms with Crippen LogP contribution in [-0.4, -0.2) is 41.9 Å². The molecule has 0 N–H and O–H groups in total. The van der Waals surface area contributed by atoms with E-state index in [-0.39, 0.29) is 5.91 Å². The third kappa shape index (κ3) is 3.71. The SMILES string of the molecule is O=C(c1ccoc1)N1CCOc2ccc(CN3CCCCC3)cc2C1. The summed E-state index contributed by atoms with van der Waals surface area (Å²) < 4.78 is 10.9. The topological polar surface area (TPSA) is 45.9 Å². The van der Waals surface area contributed by atoms with E-state index in [1.807, 2.05) is 4.90 Å². The summed E-state index contributed by atoms with van der Waals surface area (Å²) in [5, 5.41) is 0. The minimum absolute atomic E-state index is 0.00775. The molecule has 1 aromatic carbocycles. The van der Waals surface area contributed by atoms with Crippen molar-refractivity contribution in [1.29, 1.82) is 0 Å². The number of amides is 1. The fourth-order valence-corrected chi connectivity index (χ4v) is 3.66. The highest BCUT2D eigenvalue weighted by Gasteiger charge is 2.22. The van der Waals surface area contributed by atoms with Gasteiger partial charge in [0.05, 0.1) is 18.4 Å². The molecule has 25 heavy (non-hydrogen) atoms. The van der Waals surface area contributed by atoms with Gasteiger partial charge in [0.1, 0.15) is 18.6 Å². The molecular weight excluding hydrogens is 316 g/mol. The Bertz CT molecular complexity index is 721. The van der Waals surface area contributed by atoms with Crippen LogP contribution in [0.25, 0.3) is 0 Å². The molecule has 1 amide bonds. The molecule has 1 aromatic heterocycles. The van der Waals surface area contributed by atoms with Gasteiger partial charge in [-0.3, -0.25) is 9.69 Å². The molecule has 0 atom stereocenters. The second-order valence-corrected chi connectivity index (χ2v) is 6.87. The molecule has 1 fully saturated rings. The number of rotatable bonds is 3. The smallest absolute Gasteiger partial charge is 0.257 e. The zero-order valence-electron chi connectivity index (χ0n) is 14.4. The van der Waals surface area contributed by atoms with Gasteiger partial charge in [0.15, 0.2) is 0 Å². The number of benzene rings is 1. The lowest BCUT2D eigenvalue weighted by Crippen LogP contribution is -2.32. The first-order chi connectivity index (χ1) is 12.3. The van der Waals surface area contributed by atoms with Crippen molar-refractivity contribution in [3.05, 3.63) is 53.5 Å². The van der Waals surface area contributed by atoms with E-state index in [1.54, 1.807) is 6.07 Å². The van der Waals surface area contributed by atoms with Crippen LogP contribution in [0.1, 0.15) is 40.7 Å². The van der Waals surface area contributed by atoms with Gasteiger partial charge in [0.2, 0.25) is 0 Å². The van der Waals surface area contributed by atoms with Gasteiger partial charge in [-0.15, -0.1) is 0 Å². The van der Waals surface area contributed by atoms with Gasteiger partial charge >= 0.3 is 0 Å². The van der Waals surface area contributed by atoms with Gasteiger partial charge in [-0.2, -0.15) is 0 Å². The Labute approximate surface area is 148 Å². The highest BCUT2D eigenvalue weighted by molar-refractivity contribution is 5.93.